The number of phenols is 1. The van der Waals surface area contributed by atoms with Gasteiger partial charge in [0.25, 0.3) is 0 Å². The summed E-state index contributed by atoms with van der Waals surface area (Å²) < 4.78 is 11.5. The third-order valence-corrected chi connectivity index (χ3v) is 5.19. The standard InChI is InChI=1S/C21H13N3O9/c22-14-7(25)4-9-16(12(14)20(28)29)24-18-11(33-9)5-10-17(13(18)21(30)31)23-15-6(19(26)27)2-1-3-8(15)32-10/h1-5,23-25H,22H2,(H,26,27)(H,28,29)(H,30,31). The van der Waals surface area contributed by atoms with Gasteiger partial charge in [0, 0.05) is 12.1 Å². The van der Waals surface area contributed by atoms with E-state index in [0.717, 1.165) is 6.07 Å². The highest BCUT2D eigenvalue weighted by Gasteiger charge is 2.24. The number of aromatic hydroxyl groups is 1. The van der Waals surface area contributed by atoms with Crippen LogP contribution in [0, 0.1) is 0 Å². The third kappa shape index (κ3) is 2.81. The van der Waals surface area contributed by atoms with E-state index in [1.54, 1.807) is 0 Å². The Balaban J connectivity index is 2.01. The van der Waals surface area contributed by atoms with Crippen LogP contribution >= 0.6 is 0 Å². The van der Waals surface area contributed by atoms with E-state index < -0.39 is 34.9 Å². The zero-order valence-corrected chi connectivity index (χ0v) is 16.3. The zero-order valence-electron chi connectivity index (χ0n) is 16.3. The molecular formula is C21H13N3O9. The number of carbonyl (C=O) groups is 3. The van der Waals surface area contributed by atoms with Gasteiger partial charge >= 0.3 is 17.9 Å². The number of H-pyrrole nitrogens is 2. The van der Waals surface area contributed by atoms with Gasteiger partial charge in [-0.25, -0.2) is 14.4 Å². The van der Waals surface area contributed by atoms with Crippen LogP contribution < -0.4 is 5.73 Å². The SMILES string of the molecule is Nc1c(O)cc2oc3cc4oc5cccc(C(=O)O)c5[nH]c4c(C(=O)O)c3[nH]c2c1C(=O)O. The van der Waals surface area contributed by atoms with Gasteiger partial charge in [-0.2, -0.15) is 0 Å². The molecule has 0 saturated carbocycles. The second kappa shape index (κ2) is 6.68. The van der Waals surface area contributed by atoms with Gasteiger partial charge in [0.15, 0.2) is 22.3 Å². The lowest BCUT2D eigenvalue weighted by molar-refractivity contribution is 0.0688. The quantitative estimate of drug-likeness (QED) is 0.120. The van der Waals surface area contributed by atoms with E-state index in [0.29, 0.717) is 0 Å². The van der Waals surface area contributed by atoms with Crippen molar-refractivity contribution >= 4 is 68.0 Å². The van der Waals surface area contributed by atoms with Crippen molar-refractivity contribution in [3.8, 4) is 5.75 Å². The second-order valence-electron chi connectivity index (χ2n) is 7.10. The van der Waals surface area contributed by atoms with Gasteiger partial charge in [-0.05, 0) is 12.1 Å². The molecule has 8 N–H and O–H groups in total. The number of aromatic carboxylic acids is 3. The molecule has 12 nitrogen and oxygen atoms in total. The zero-order chi connectivity index (χ0) is 23.6. The number of aromatic amines is 2. The average Bonchev–Trinajstić information content (AvgIpc) is 2.74. The first-order chi connectivity index (χ1) is 15.7. The van der Waals surface area contributed by atoms with E-state index in [2.05, 4.69) is 9.97 Å². The largest absolute Gasteiger partial charge is 0.506 e. The van der Waals surface area contributed by atoms with Crippen molar-refractivity contribution in [2.45, 2.75) is 0 Å². The summed E-state index contributed by atoms with van der Waals surface area (Å²) in [6.45, 7) is 0. The van der Waals surface area contributed by atoms with Crippen LogP contribution in [0.2, 0.25) is 0 Å². The van der Waals surface area contributed by atoms with Crippen molar-refractivity contribution in [3.63, 3.8) is 0 Å². The summed E-state index contributed by atoms with van der Waals surface area (Å²) in [7, 11) is 0. The van der Waals surface area contributed by atoms with E-state index in [9.17, 15) is 34.8 Å². The molecule has 3 aromatic carbocycles. The minimum atomic E-state index is -1.48. The lowest BCUT2D eigenvalue weighted by atomic mass is 10.1. The van der Waals surface area contributed by atoms with Crippen LogP contribution in [0.5, 0.6) is 5.75 Å². The Labute approximate surface area is 180 Å². The van der Waals surface area contributed by atoms with Gasteiger partial charge in [-0.1, -0.05) is 6.07 Å². The van der Waals surface area contributed by atoms with Crippen molar-refractivity contribution in [3.05, 3.63) is 47.0 Å². The highest BCUT2D eigenvalue weighted by Crippen LogP contribution is 2.36. The molecule has 0 saturated heterocycles. The topological polar surface area (TPSA) is 216 Å². The second-order valence-corrected chi connectivity index (χ2v) is 7.10. The summed E-state index contributed by atoms with van der Waals surface area (Å²) in [5, 5.41) is 39.0. The molecule has 12 heteroatoms. The molecule has 0 unspecified atom stereocenters. The number of nitrogens with two attached hydrogens (primary N) is 1. The van der Waals surface area contributed by atoms with Crippen LogP contribution in [0.15, 0.2) is 39.2 Å². The van der Waals surface area contributed by atoms with Crippen molar-refractivity contribution < 1.29 is 43.6 Å². The van der Waals surface area contributed by atoms with Crippen LogP contribution in [0.1, 0.15) is 31.1 Å². The Hall–Kier alpha value is -5.13. The lowest BCUT2D eigenvalue weighted by Crippen LogP contribution is -2.07. The van der Waals surface area contributed by atoms with Crippen LogP contribution in [0.3, 0.4) is 0 Å². The van der Waals surface area contributed by atoms with Crippen molar-refractivity contribution in [1.82, 2.24) is 9.97 Å². The van der Waals surface area contributed by atoms with E-state index in [1.165, 1.54) is 24.3 Å². The molecule has 166 valence electrons. The maximum Gasteiger partial charge on any atom is 0.340 e. The van der Waals surface area contributed by atoms with Gasteiger partial charge in [0.05, 0.1) is 33.3 Å². The molecule has 2 heterocycles. The fraction of sp³-hybridized carbons (Fsp3) is 0. The van der Waals surface area contributed by atoms with Crippen LogP contribution in [-0.2, 0) is 0 Å². The van der Waals surface area contributed by atoms with Crippen LogP contribution in [0.4, 0.5) is 5.69 Å². The number of hydrogen-bond donors (Lipinski definition) is 7. The molecule has 5 rings (SSSR count). The number of para-hydroxylation sites is 1. The van der Waals surface area contributed by atoms with Gasteiger partial charge in [0.2, 0.25) is 0 Å². The Kier molecular flexibility index (Phi) is 4.01. The highest BCUT2D eigenvalue weighted by atomic mass is 16.4. The maximum absolute atomic E-state index is 12.2. The summed E-state index contributed by atoms with van der Waals surface area (Å²) in [5.74, 6) is -4.69. The lowest BCUT2D eigenvalue weighted by Gasteiger charge is -2.13. The van der Waals surface area contributed by atoms with E-state index >= 15 is 0 Å². The molecule has 33 heavy (non-hydrogen) atoms. The molecule has 0 amide bonds. The predicted molar refractivity (Wildman–Crippen MR) is 114 cm³/mol. The number of benzene rings is 3. The highest BCUT2D eigenvalue weighted by molar-refractivity contribution is 6.15. The number of nitrogen functional groups attached to an aromatic ring is 1. The van der Waals surface area contributed by atoms with E-state index in [1.807, 2.05) is 0 Å². The van der Waals surface area contributed by atoms with E-state index in [4.69, 9.17) is 14.6 Å². The van der Waals surface area contributed by atoms with E-state index in [-0.39, 0.29) is 55.5 Å². The normalized spacial score (nSPS) is 11.4. The number of fused-ring (bicyclic) bond motifs is 4. The first-order valence-corrected chi connectivity index (χ1v) is 9.26. The summed E-state index contributed by atoms with van der Waals surface area (Å²) >= 11 is 0. The number of carboxylic acids is 3. The Bertz CT molecular complexity index is 1730. The molecule has 5 aromatic rings. The monoisotopic (exact) mass is 451 g/mol. The Morgan fingerprint density at radius 2 is 1.27 bits per heavy atom. The molecule has 0 spiro atoms. The number of nitrogens with one attached hydrogen (secondary N) is 2. The molecule has 2 aromatic heterocycles. The number of rotatable bonds is 3. The summed E-state index contributed by atoms with van der Waals surface area (Å²) in [4.78, 5) is 41.1. The van der Waals surface area contributed by atoms with Gasteiger partial charge in [0.1, 0.15) is 16.9 Å². The average molecular weight is 451 g/mol. The van der Waals surface area contributed by atoms with Gasteiger partial charge < -0.3 is 45.0 Å². The minimum Gasteiger partial charge on any atom is -0.506 e. The Morgan fingerprint density at radius 1 is 0.727 bits per heavy atom. The van der Waals surface area contributed by atoms with Gasteiger partial charge in [-0.15, -0.1) is 0 Å². The number of carboxylic acid groups (broad SMARTS) is 3. The number of hydrogen-bond acceptors (Lipinski definition) is 7. The first kappa shape index (κ1) is 19.8. The molecule has 0 aliphatic heterocycles. The number of phenolic OH excluding ortho intramolecular Hbond substituents is 1. The van der Waals surface area contributed by atoms with Crippen LogP contribution in [0.25, 0.3) is 44.4 Å². The summed E-state index contributed by atoms with van der Waals surface area (Å²) in [6, 6.07) is 6.75. The summed E-state index contributed by atoms with van der Waals surface area (Å²) in [5.41, 5.74) is 4.01. The molecule has 0 bridgehead atoms. The summed E-state index contributed by atoms with van der Waals surface area (Å²) in [6.07, 6.45) is 0. The third-order valence-electron chi connectivity index (χ3n) is 5.19. The molecule has 0 radical (unpaired) electrons. The predicted octanol–water partition coefficient (Wildman–Crippen LogP) is 3.65. The minimum absolute atomic E-state index is 0.0289. The van der Waals surface area contributed by atoms with Crippen molar-refractivity contribution in [2.24, 2.45) is 0 Å². The number of aromatic nitrogens is 2. The maximum atomic E-state index is 12.2. The first-order valence-electron chi connectivity index (χ1n) is 9.26. The molecule has 0 aliphatic rings. The van der Waals surface area contributed by atoms with Gasteiger partial charge in [-0.3, -0.25) is 0 Å². The molecule has 0 atom stereocenters. The van der Waals surface area contributed by atoms with Crippen LogP contribution in [-0.4, -0.2) is 48.3 Å². The fourth-order valence-electron chi connectivity index (χ4n) is 3.75. The Morgan fingerprint density at radius 3 is 1.88 bits per heavy atom. The number of anilines is 1. The molecule has 0 aliphatic carbocycles. The molecular weight excluding hydrogens is 438 g/mol. The van der Waals surface area contributed by atoms with Crippen molar-refractivity contribution in [1.29, 1.82) is 0 Å². The van der Waals surface area contributed by atoms with Crippen molar-refractivity contribution in [2.75, 3.05) is 5.73 Å². The smallest absolute Gasteiger partial charge is 0.340 e. The molecule has 0 fully saturated rings. The fourth-order valence-corrected chi connectivity index (χ4v) is 3.75.